The minimum atomic E-state index is 0.289. The molecule has 6 heteroatoms. The Morgan fingerprint density at radius 2 is 2.17 bits per heavy atom. The van der Waals surface area contributed by atoms with Crippen LogP contribution >= 0.6 is 22.9 Å². The molecule has 0 N–H and O–H groups in total. The van der Waals surface area contributed by atoms with Crippen molar-refractivity contribution in [2.75, 3.05) is 14.2 Å². The van der Waals surface area contributed by atoms with Crippen LogP contribution in [0.4, 0.5) is 0 Å². The van der Waals surface area contributed by atoms with Crippen molar-refractivity contribution in [1.29, 1.82) is 0 Å². The van der Waals surface area contributed by atoms with E-state index >= 15 is 0 Å². The molecule has 0 bridgehead atoms. The van der Waals surface area contributed by atoms with Crippen molar-refractivity contribution in [1.82, 2.24) is 4.98 Å². The van der Waals surface area contributed by atoms with Gasteiger partial charge in [0.1, 0.15) is 22.5 Å². The number of nitrogens with zero attached hydrogens (tertiary/aromatic N) is 1. The molecule has 96 valence electrons. The zero-order valence-corrected chi connectivity index (χ0v) is 11.5. The fourth-order valence-corrected chi connectivity index (χ4v) is 2.57. The van der Waals surface area contributed by atoms with Gasteiger partial charge in [-0.3, -0.25) is 0 Å². The molecule has 2 aromatic rings. The summed E-state index contributed by atoms with van der Waals surface area (Å²) < 4.78 is 5.18. The monoisotopic (exact) mass is 285 g/mol. The average molecular weight is 286 g/mol. The standard InChI is InChI=1S/C12H12ClNO3S/c1-15-9-5-3-4-8(6-9)12-14-11(13)10(18-12)7-17-16-2/h3-6H,7H2,1-2H3. The molecule has 1 heterocycles. The van der Waals surface area contributed by atoms with Crippen LogP contribution in [-0.2, 0) is 16.4 Å². The molecule has 0 aliphatic heterocycles. The molecular weight excluding hydrogens is 274 g/mol. The lowest BCUT2D eigenvalue weighted by molar-refractivity contribution is -0.281. The molecule has 2 rings (SSSR count). The molecule has 0 amide bonds. The number of benzene rings is 1. The summed E-state index contributed by atoms with van der Waals surface area (Å²) in [4.78, 5) is 14.5. The fourth-order valence-electron chi connectivity index (χ4n) is 1.41. The summed E-state index contributed by atoms with van der Waals surface area (Å²) in [6.45, 7) is 0.289. The van der Waals surface area contributed by atoms with Gasteiger partial charge < -0.3 is 4.74 Å². The number of hydrogen-bond donors (Lipinski definition) is 0. The first-order valence-corrected chi connectivity index (χ1v) is 6.39. The van der Waals surface area contributed by atoms with Crippen molar-refractivity contribution in [2.24, 2.45) is 0 Å². The molecule has 18 heavy (non-hydrogen) atoms. The Hall–Kier alpha value is -1.14. The van der Waals surface area contributed by atoms with Crippen molar-refractivity contribution < 1.29 is 14.5 Å². The summed E-state index contributed by atoms with van der Waals surface area (Å²) in [6.07, 6.45) is 0. The van der Waals surface area contributed by atoms with Crippen LogP contribution in [0.1, 0.15) is 4.88 Å². The van der Waals surface area contributed by atoms with Crippen LogP contribution < -0.4 is 4.74 Å². The summed E-state index contributed by atoms with van der Waals surface area (Å²) in [5, 5.41) is 1.27. The van der Waals surface area contributed by atoms with E-state index in [1.54, 1.807) is 7.11 Å². The summed E-state index contributed by atoms with van der Waals surface area (Å²) in [6, 6.07) is 7.66. The van der Waals surface area contributed by atoms with Gasteiger partial charge in [-0.05, 0) is 12.1 Å². The molecule has 0 spiro atoms. The van der Waals surface area contributed by atoms with Crippen molar-refractivity contribution in [2.45, 2.75) is 6.61 Å². The predicted octanol–water partition coefficient (Wildman–Crippen LogP) is 3.55. The van der Waals surface area contributed by atoms with E-state index in [2.05, 4.69) is 9.87 Å². The minimum absolute atomic E-state index is 0.289. The molecule has 0 saturated carbocycles. The van der Waals surface area contributed by atoms with Crippen LogP contribution in [0.3, 0.4) is 0 Å². The normalized spacial score (nSPS) is 10.6. The summed E-state index contributed by atoms with van der Waals surface area (Å²) in [5.74, 6) is 0.786. The van der Waals surface area contributed by atoms with E-state index in [0.717, 1.165) is 21.2 Å². The molecule has 0 aliphatic carbocycles. The van der Waals surface area contributed by atoms with Gasteiger partial charge in [0.2, 0.25) is 0 Å². The van der Waals surface area contributed by atoms with E-state index in [1.165, 1.54) is 18.4 Å². The quantitative estimate of drug-likeness (QED) is 0.622. The number of halogens is 1. The third kappa shape index (κ3) is 3.00. The molecule has 0 fully saturated rings. The van der Waals surface area contributed by atoms with E-state index in [1.807, 2.05) is 24.3 Å². The van der Waals surface area contributed by atoms with E-state index in [9.17, 15) is 0 Å². The Balaban J connectivity index is 2.27. The molecule has 1 aromatic carbocycles. The first-order valence-electron chi connectivity index (χ1n) is 5.20. The maximum absolute atomic E-state index is 6.04. The van der Waals surface area contributed by atoms with Crippen LogP contribution in [0.15, 0.2) is 24.3 Å². The van der Waals surface area contributed by atoms with E-state index in [0.29, 0.717) is 5.15 Å². The number of rotatable bonds is 5. The van der Waals surface area contributed by atoms with Gasteiger partial charge in [-0.15, -0.1) is 11.3 Å². The highest BCUT2D eigenvalue weighted by molar-refractivity contribution is 7.15. The summed E-state index contributed by atoms with van der Waals surface area (Å²) in [7, 11) is 3.09. The molecule has 4 nitrogen and oxygen atoms in total. The molecule has 0 aliphatic rings. The van der Waals surface area contributed by atoms with Gasteiger partial charge in [0.25, 0.3) is 0 Å². The van der Waals surface area contributed by atoms with Crippen LogP contribution in [-0.4, -0.2) is 19.2 Å². The number of ether oxygens (including phenoxy) is 1. The second-order valence-corrected chi connectivity index (χ2v) is 4.84. The zero-order chi connectivity index (χ0) is 13.0. The van der Waals surface area contributed by atoms with E-state index < -0.39 is 0 Å². The third-order valence-corrected chi connectivity index (χ3v) is 3.78. The Kier molecular flexibility index (Phi) is 4.54. The molecule has 0 atom stereocenters. The molecule has 1 aromatic heterocycles. The zero-order valence-electron chi connectivity index (χ0n) is 9.97. The lowest BCUT2D eigenvalue weighted by Gasteiger charge is -2.00. The predicted molar refractivity (Wildman–Crippen MR) is 70.9 cm³/mol. The highest BCUT2D eigenvalue weighted by Gasteiger charge is 2.11. The van der Waals surface area contributed by atoms with Crippen molar-refractivity contribution in [3.63, 3.8) is 0 Å². The van der Waals surface area contributed by atoms with Gasteiger partial charge in [-0.2, -0.15) is 0 Å². The largest absolute Gasteiger partial charge is 0.497 e. The van der Waals surface area contributed by atoms with Crippen LogP contribution in [0.5, 0.6) is 5.75 Å². The van der Waals surface area contributed by atoms with Crippen LogP contribution in [0.25, 0.3) is 10.6 Å². The number of thiazole rings is 1. The van der Waals surface area contributed by atoms with Gasteiger partial charge in [-0.25, -0.2) is 14.8 Å². The fraction of sp³-hybridized carbons (Fsp3) is 0.250. The van der Waals surface area contributed by atoms with Crippen molar-refractivity contribution in [3.05, 3.63) is 34.3 Å². The van der Waals surface area contributed by atoms with Crippen LogP contribution in [0, 0.1) is 0 Å². The second-order valence-electron chi connectivity index (χ2n) is 3.39. The van der Waals surface area contributed by atoms with Crippen molar-refractivity contribution in [3.8, 4) is 16.3 Å². The smallest absolute Gasteiger partial charge is 0.146 e. The van der Waals surface area contributed by atoms with Gasteiger partial charge in [-0.1, -0.05) is 23.7 Å². The summed E-state index contributed by atoms with van der Waals surface area (Å²) in [5.41, 5.74) is 0.963. The average Bonchev–Trinajstić information content (AvgIpc) is 2.78. The van der Waals surface area contributed by atoms with Crippen molar-refractivity contribution >= 4 is 22.9 Å². The van der Waals surface area contributed by atoms with Gasteiger partial charge >= 0.3 is 0 Å². The summed E-state index contributed by atoms with van der Waals surface area (Å²) >= 11 is 7.50. The second kappa shape index (κ2) is 6.15. The minimum Gasteiger partial charge on any atom is -0.497 e. The van der Waals surface area contributed by atoms with Gasteiger partial charge in [0.15, 0.2) is 0 Å². The van der Waals surface area contributed by atoms with Gasteiger partial charge in [0, 0.05) is 5.56 Å². The number of methoxy groups -OCH3 is 1. The lowest BCUT2D eigenvalue weighted by atomic mass is 10.2. The Morgan fingerprint density at radius 3 is 2.89 bits per heavy atom. The Bertz CT molecular complexity index is 530. The highest BCUT2D eigenvalue weighted by Crippen LogP contribution is 2.32. The Morgan fingerprint density at radius 1 is 1.33 bits per heavy atom. The number of hydrogen-bond acceptors (Lipinski definition) is 5. The third-order valence-electron chi connectivity index (χ3n) is 2.27. The Labute approximate surface area is 114 Å². The maximum Gasteiger partial charge on any atom is 0.146 e. The first-order chi connectivity index (χ1) is 8.74. The van der Waals surface area contributed by atoms with E-state index in [-0.39, 0.29) is 6.61 Å². The molecule has 0 saturated heterocycles. The van der Waals surface area contributed by atoms with Crippen LogP contribution in [0.2, 0.25) is 5.15 Å². The highest BCUT2D eigenvalue weighted by atomic mass is 35.5. The molecule has 0 unspecified atom stereocenters. The van der Waals surface area contributed by atoms with Gasteiger partial charge in [0.05, 0.1) is 19.1 Å². The van der Waals surface area contributed by atoms with E-state index in [4.69, 9.17) is 21.2 Å². The first kappa shape index (κ1) is 13.3. The maximum atomic E-state index is 6.04. The molecule has 0 radical (unpaired) electrons. The SMILES string of the molecule is COOCc1sc(-c2cccc(OC)c2)nc1Cl. The number of aromatic nitrogens is 1. The lowest BCUT2D eigenvalue weighted by Crippen LogP contribution is -1.88. The molecular formula is C12H12ClNO3S. The topological polar surface area (TPSA) is 40.6 Å².